The van der Waals surface area contributed by atoms with Crippen LogP contribution in [-0.4, -0.2) is 6.47 Å². The molecule has 57 valence electrons. The Hall–Kier alpha value is -1.58. The first-order valence-corrected chi connectivity index (χ1v) is 3.00. The maximum Gasteiger partial charge on any atom is 0.418 e. The predicted octanol–water partition coefficient (Wildman–Crippen LogP) is -0.0962. The summed E-state index contributed by atoms with van der Waals surface area (Å²) in [4.78, 5) is 9.63. The number of ether oxygens (including phenoxy) is 1. The van der Waals surface area contributed by atoms with Gasteiger partial charge in [-0.1, -0.05) is 0 Å². The van der Waals surface area contributed by atoms with Crippen LogP contribution < -0.4 is 4.73 Å². The number of pyridine rings is 1. The molecule has 0 bridgehead atoms. The summed E-state index contributed by atoms with van der Waals surface area (Å²) < 4.78 is 4.91. The maximum absolute atomic E-state index is 10.8. The molecule has 0 N–H and O–H groups in total. The lowest BCUT2D eigenvalue weighted by Gasteiger charge is -2.00. The Labute approximate surface area is 63.6 Å². The van der Waals surface area contributed by atoms with Crippen molar-refractivity contribution in [3.05, 3.63) is 35.3 Å². The third-order valence-corrected chi connectivity index (χ3v) is 1.18. The van der Waals surface area contributed by atoms with Crippen LogP contribution in [0.5, 0.6) is 0 Å². The molecule has 11 heavy (non-hydrogen) atoms. The van der Waals surface area contributed by atoms with Crippen LogP contribution >= 0.6 is 0 Å². The summed E-state index contributed by atoms with van der Waals surface area (Å²) in [6.45, 7) is 1.21. The van der Waals surface area contributed by atoms with Crippen LogP contribution in [0.15, 0.2) is 24.4 Å². The second-order valence-electron chi connectivity index (χ2n) is 1.89. The third-order valence-electron chi connectivity index (χ3n) is 1.18. The van der Waals surface area contributed by atoms with Gasteiger partial charge in [-0.2, -0.15) is 4.73 Å². The second-order valence-corrected chi connectivity index (χ2v) is 1.89. The minimum Gasteiger partial charge on any atom is -0.618 e. The van der Waals surface area contributed by atoms with Gasteiger partial charge in [0.05, 0.1) is 0 Å². The Bertz CT molecular complexity index is 249. The smallest absolute Gasteiger partial charge is 0.418 e. The van der Waals surface area contributed by atoms with E-state index in [1.165, 1.54) is 12.7 Å². The molecule has 1 aromatic rings. The van der Waals surface area contributed by atoms with Gasteiger partial charge in [0, 0.05) is 12.1 Å². The molecule has 0 unspecified atom stereocenters. The van der Waals surface area contributed by atoms with Crippen molar-refractivity contribution < 1.29 is 14.3 Å². The number of nitrogens with zero attached hydrogens (tertiary/aromatic N) is 1. The molecular formula is C7H6NO3. The maximum atomic E-state index is 10.8. The van der Waals surface area contributed by atoms with Gasteiger partial charge in [-0.3, -0.25) is 0 Å². The van der Waals surface area contributed by atoms with E-state index in [0.717, 1.165) is 0 Å². The molecule has 0 fully saturated rings. The van der Waals surface area contributed by atoms with E-state index in [9.17, 15) is 10.0 Å². The first kappa shape index (κ1) is 7.53. The van der Waals surface area contributed by atoms with Gasteiger partial charge < -0.3 is 9.94 Å². The van der Waals surface area contributed by atoms with Crippen molar-refractivity contribution in [2.75, 3.05) is 0 Å². The fourth-order valence-corrected chi connectivity index (χ4v) is 0.679. The molecule has 1 heterocycles. The van der Waals surface area contributed by atoms with Gasteiger partial charge in [-0.15, -0.1) is 0 Å². The number of aromatic nitrogens is 1. The zero-order valence-electron chi connectivity index (χ0n) is 5.69. The van der Waals surface area contributed by atoms with Gasteiger partial charge in [0.15, 0.2) is 12.8 Å². The predicted molar refractivity (Wildman–Crippen MR) is 35.9 cm³/mol. The van der Waals surface area contributed by atoms with Gasteiger partial charge in [0.1, 0.15) is 0 Å². The van der Waals surface area contributed by atoms with Crippen molar-refractivity contribution >= 4 is 6.47 Å². The molecule has 0 aliphatic carbocycles. The molecular weight excluding hydrogens is 146 g/mol. The van der Waals surface area contributed by atoms with Gasteiger partial charge in [-0.05, 0) is 6.07 Å². The molecule has 1 rings (SSSR count). The number of rotatable bonds is 3. The van der Waals surface area contributed by atoms with E-state index < -0.39 is 0 Å². The summed E-state index contributed by atoms with van der Waals surface area (Å²) in [6, 6.07) is 4.86. The largest absolute Gasteiger partial charge is 0.618 e. The van der Waals surface area contributed by atoms with Crippen molar-refractivity contribution in [2.45, 2.75) is 6.61 Å². The summed E-state index contributed by atoms with van der Waals surface area (Å²) in [6.07, 6.45) is 1.34. The Morgan fingerprint density at radius 2 is 2.45 bits per heavy atom. The van der Waals surface area contributed by atoms with E-state index in [1.54, 1.807) is 18.2 Å². The highest BCUT2D eigenvalue weighted by molar-refractivity contribution is 5.38. The first-order chi connectivity index (χ1) is 5.34. The lowest BCUT2D eigenvalue weighted by molar-refractivity contribution is -0.616. The Morgan fingerprint density at radius 3 is 3.09 bits per heavy atom. The van der Waals surface area contributed by atoms with Crippen LogP contribution in [0.3, 0.4) is 0 Å². The van der Waals surface area contributed by atoms with E-state index in [0.29, 0.717) is 10.4 Å². The van der Waals surface area contributed by atoms with E-state index in [2.05, 4.69) is 4.74 Å². The summed E-state index contributed by atoms with van der Waals surface area (Å²) in [5, 5.41) is 10.8. The van der Waals surface area contributed by atoms with E-state index in [1.807, 2.05) is 0 Å². The van der Waals surface area contributed by atoms with E-state index in [-0.39, 0.29) is 6.61 Å². The summed E-state index contributed by atoms with van der Waals surface area (Å²) >= 11 is 0. The van der Waals surface area contributed by atoms with Crippen molar-refractivity contribution in [3.63, 3.8) is 0 Å². The van der Waals surface area contributed by atoms with Gasteiger partial charge in [0.2, 0.25) is 5.69 Å². The molecule has 0 saturated heterocycles. The molecule has 4 heteroatoms. The molecule has 0 atom stereocenters. The standard InChI is InChI=1S/C7H6NO3/c9-6-11-5-7-3-1-2-4-8(7)10/h1-4H,5H2. The van der Waals surface area contributed by atoms with Gasteiger partial charge in [-0.25, -0.2) is 4.79 Å². The molecule has 4 nitrogen and oxygen atoms in total. The Balaban J connectivity index is 2.69. The number of hydrogen-bond acceptors (Lipinski definition) is 3. The van der Waals surface area contributed by atoms with Gasteiger partial charge >= 0.3 is 6.47 Å². The minimum atomic E-state index is -0.0339. The van der Waals surface area contributed by atoms with Crippen LogP contribution in [0.4, 0.5) is 0 Å². The minimum absolute atomic E-state index is 0.0339. The van der Waals surface area contributed by atoms with Gasteiger partial charge in [0.25, 0.3) is 0 Å². The van der Waals surface area contributed by atoms with E-state index in [4.69, 9.17) is 0 Å². The molecule has 1 aromatic heterocycles. The third kappa shape index (κ3) is 1.93. The number of carbonyl (C=O) groups excluding carboxylic acids is 1. The average molecular weight is 152 g/mol. The molecule has 1 radical (unpaired) electrons. The highest BCUT2D eigenvalue weighted by Crippen LogP contribution is 1.91. The molecule has 0 spiro atoms. The summed E-state index contributed by atoms with van der Waals surface area (Å²) in [7, 11) is 0. The Morgan fingerprint density at radius 1 is 1.64 bits per heavy atom. The Kier molecular flexibility index (Phi) is 2.43. The van der Waals surface area contributed by atoms with Crippen molar-refractivity contribution in [1.82, 2.24) is 0 Å². The molecule has 0 saturated carbocycles. The van der Waals surface area contributed by atoms with Crippen LogP contribution in [0.1, 0.15) is 5.69 Å². The highest BCUT2D eigenvalue weighted by atomic mass is 16.5. The van der Waals surface area contributed by atoms with Crippen molar-refractivity contribution in [3.8, 4) is 0 Å². The van der Waals surface area contributed by atoms with Crippen LogP contribution in [0.2, 0.25) is 0 Å². The van der Waals surface area contributed by atoms with Crippen molar-refractivity contribution in [2.24, 2.45) is 0 Å². The van der Waals surface area contributed by atoms with Crippen LogP contribution in [0, 0.1) is 5.21 Å². The summed E-state index contributed by atoms with van der Waals surface area (Å²) in [5.74, 6) is 0. The van der Waals surface area contributed by atoms with E-state index >= 15 is 0 Å². The lowest BCUT2D eigenvalue weighted by Crippen LogP contribution is -2.31. The average Bonchev–Trinajstić information content (AvgIpc) is 2.03. The second kappa shape index (κ2) is 3.55. The number of hydrogen-bond donors (Lipinski definition) is 0. The quantitative estimate of drug-likeness (QED) is 0.449. The SMILES string of the molecule is O=[C]OCc1cccc[n+]1[O-]. The zero-order chi connectivity index (χ0) is 8.10. The van der Waals surface area contributed by atoms with Crippen LogP contribution in [-0.2, 0) is 16.1 Å². The highest BCUT2D eigenvalue weighted by Gasteiger charge is 2.01. The first-order valence-electron chi connectivity index (χ1n) is 3.00. The summed E-state index contributed by atoms with van der Waals surface area (Å²) in [5.41, 5.74) is 0.385. The molecule has 0 aromatic carbocycles. The molecule has 0 amide bonds. The fraction of sp³-hybridized carbons (Fsp3) is 0.143. The zero-order valence-corrected chi connectivity index (χ0v) is 5.69. The monoisotopic (exact) mass is 152 g/mol. The molecule has 0 aliphatic rings. The molecule has 0 aliphatic heterocycles. The topological polar surface area (TPSA) is 53.2 Å². The lowest BCUT2D eigenvalue weighted by atomic mass is 10.4. The fourth-order valence-electron chi connectivity index (χ4n) is 0.679. The normalized spacial score (nSPS) is 9.09. The van der Waals surface area contributed by atoms with Crippen LogP contribution in [0.25, 0.3) is 0 Å². The van der Waals surface area contributed by atoms with Crippen molar-refractivity contribution in [1.29, 1.82) is 0 Å².